The molecule has 8 heteroatoms. The standard InChI is InChI=1S/C12H11N7O/c20-12(11-14-7-15-18-11)17-10-3-1-9(2-4-10)5-19-8-13-6-16-19/h1-4,6-8H,5H2,(H,17,20)(H,14,15,18). The Morgan fingerprint density at radius 3 is 2.75 bits per heavy atom. The molecule has 0 saturated heterocycles. The van der Waals surface area contributed by atoms with Gasteiger partial charge >= 0.3 is 0 Å². The third kappa shape index (κ3) is 2.69. The van der Waals surface area contributed by atoms with Crippen molar-refractivity contribution in [3.63, 3.8) is 0 Å². The van der Waals surface area contributed by atoms with Crippen molar-refractivity contribution in [3.05, 3.63) is 54.6 Å². The van der Waals surface area contributed by atoms with Crippen LogP contribution in [0.15, 0.2) is 43.2 Å². The Hall–Kier alpha value is -3.03. The van der Waals surface area contributed by atoms with Crippen LogP contribution in [-0.2, 0) is 6.54 Å². The molecular formula is C12H11N7O. The fourth-order valence-corrected chi connectivity index (χ4v) is 1.70. The first kappa shape index (κ1) is 12.0. The number of H-pyrrole nitrogens is 1. The van der Waals surface area contributed by atoms with E-state index in [0.717, 1.165) is 5.56 Å². The lowest BCUT2D eigenvalue weighted by molar-refractivity contribution is 0.101. The van der Waals surface area contributed by atoms with Crippen LogP contribution >= 0.6 is 0 Å². The van der Waals surface area contributed by atoms with Crippen molar-refractivity contribution in [3.8, 4) is 0 Å². The Balaban J connectivity index is 1.65. The van der Waals surface area contributed by atoms with E-state index in [4.69, 9.17) is 0 Å². The highest BCUT2D eigenvalue weighted by Gasteiger charge is 2.08. The summed E-state index contributed by atoms with van der Waals surface area (Å²) >= 11 is 0. The van der Waals surface area contributed by atoms with Gasteiger partial charge in [0.2, 0.25) is 5.82 Å². The molecule has 8 nitrogen and oxygen atoms in total. The number of nitrogens with one attached hydrogen (secondary N) is 2. The molecule has 0 spiro atoms. The minimum absolute atomic E-state index is 0.177. The molecule has 0 aliphatic rings. The van der Waals surface area contributed by atoms with Crippen LogP contribution in [-0.4, -0.2) is 35.9 Å². The average molecular weight is 269 g/mol. The lowest BCUT2D eigenvalue weighted by Gasteiger charge is -2.05. The Morgan fingerprint density at radius 1 is 1.25 bits per heavy atom. The number of hydrogen-bond acceptors (Lipinski definition) is 5. The summed E-state index contributed by atoms with van der Waals surface area (Å²) in [6.07, 6.45) is 4.43. The molecule has 0 saturated carbocycles. The minimum atomic E-state index is -0.327. The molecule has 0 aliphatic heterocycles. The van der Waals surface area contributed by atoms with Crippen molar-refractivity contribution in [2.45, 2.75) is 6.54 Å². The summed E-state index contributed by atoms with van der Waals surface area (Å²) in [4.78, 5) is 19.4. The molecule has 0 atom stereocenters. The fourth-order valence-electron chi connectivity index (χ4n) is 1.70. The number of anilines is 1. The third-order valence-electron chi connectivity index (χ3n) is 2.65. The highest BCUT2D eigenvalue weighted by Crippen LogP contribution is 2.11. The number of rotatable bonds is 4. The van der Waals surface area contributed by atoms with E-state index in [0.29, 0.717) is 12.2 Å². The predicted octanol–water partition coefficient (Wildman–Crippen LogP) is 0.697. The van der Waals surface area contributed by atoms with Crippen molar-refractivity contribution in [2.24, 2.45) is 0 Å². The van der Waals surface area contributed by atoms with E-state index in [-0.39, 0.29) is 11.7 Å². The predicted molar refractivity (Wildman–Crippen MR) is 69.9 cm³/mol. The van der Waals surface area contributed by atoms with Gasteiger partial charge in [-0.05, 0) is 17.7 Å². The molecule has 0 bridgehead atoms. The Bertz CT molecular complexity index is 673. The van der Waals surface area contributed by atoms with Crippen LogP contribution in [0.25, 0.3) is 0 Å². The van der Waals surface area contributed by atoms with Gasteiger partial charge in [0, 0.05) is 5.69 Å². The van der Waals surface area contributed by atoms with E-state index in [1.54, 1.807) is 11.0 Å². The van der Waals surface area contributed by atoms with Gasteiger partial charge < -0.3 is 5.32 Å². The minimum Gasteiger partial charge on any atom is -0.319 e. The van der Waals surface area contributed by atoms with Crippen molar-refractivity contribution in [1.82, 2.24) is 29.9 Å². The monoisotopic (exact) mass is 269 g/mol. The largest absolute Gasteiger partial charge is 0.319 e. The van der Waals surface area contributed by atoms with Crippen molar-refractivity contribution >= 4 is 11.6 Å². The quantitative estimate of drug-likeness (QED) is 0.725. The highest BCUT2D eigenvalue weighted by atomic mass is 16.2. The molecule has 0 fully saturated rings. The van der Waals surface area contributed by atoms with Crippen LogP contribution in [0.2, 0.25) is 0 Å². The second kappa shape index (κ2) is 5.31. The van der Waals surface area contributed by atoms with Gasteiger partial charge in [0.15, 0.2) is 0 Å². The number of amides is 1. The van der Waals surface area contributed by atoms with Gasteiger partial charge in [-0.15, -0.1) is 0 Å². The molecule has 100 valence electrons. The Labute approximate surface area is 113 Å². The summed E-state index contributed by atoms with van der Waals surface area (Å²) in [5.41, 5.74) is 1.75. The first-order valence-electron chi connectivity index (χ1n) is 5.89. The number of carbonyl (C=O) groups is 1. The summed E-state index contributed by atoms with van der Waals surface area (Å²) < 4.78 is 1.72. The van der Waals surface area contributed by atoms with Crippen LogP contribution in [0.5, 0.6) is 0 Å². The van der Waals surface area contributed by atoms with E-state index in [2.05, 4.69) is 30.6 Å². The number of hydrogen-bond donors (Lipinski definition) is 2. The summed E-state index contributed by atoms with van der Waals surface area (Å²) in [6, 6.07) is 7.47. The van der Waals surface area contributed by atoms with Crippen LogP contribution in [0.4, 0.5) is 5.69 Å². The van der Waals surface area contributed by atoms with Crippen molar-refractivity contribution in [2.75, 3.05) is 5.32 Å². The topological polar surface area (TPSA) is 101 Å². The molecule has 1 amide bonds. The summed E-state index contributed by atoms with van der Waals surface area (Å²) in [6.45, 7) is 0.635. The molecule has 0 aliphatic carbocycles. The maximum absolute atomic E-state index is 11.7. The first-order valence-corrected chi connectivity index (χ1v) is 5.89. The van der Waals surface area contributed by atoms with Gasteiger partial charge in [-0.25, -0.2) is 14.6 Å². The van der Waals surface area contributed by atoms with Crippen LogP contribution in [0.3, 0.4) is 0 Å². The zero-order valence-electron chi connectivity index (χ0n) is 10.4. The van der Waals surface area contributed by atoms with Crippen molar-refractivity contribution < 1.29 is 4.79 Å². The van der Waals surface area contributed by atoms with Crippen LogP contribution < -0.4 is 5.32 Å². The molecule has 20 heavy (non-hydrogen) atoms. The van der Waals surface area contributed by atoms with Crippen LogP contribution in [0, 0.1) is 0 Å². The second-order valence-corrected chi connectivity index (χ2v) is 4.08. The van der Waals surface area contributed by atoms with E-state index >= 15 is 0 Å². The van der Waals surface area contributed by atoms with Gasteiger partial charge in [-0.3, -0.25) is 9.89 Å². The molecule has 3 rings (SSSR count). The zero-order valence-corrected chi connectivity index (χ0v) is 10.4. The summed E-state index contributed by atoms with van der Waals surface area (Å²) in [5.74, 6) is -0.150. The third-order valence-corrected chi connectivity index (χ3v) is 2.65. The summed E-state index contributed by atoms with van der Waals surface area (Å²) in [5, 5.41) is 12.9. The second-order valence-electron chi connectivity index (χ2n) is 4.08. The smallest absolute Gasteiger partial charge is 0.292 e. The maximum Gasteiger partial charge on any atom is 0.292 e. The molecular weight excluding hydrogens is 258 g/mol. The number of benzene rings is 1. The molecule has 2 aromatic heterocycles. The Morgan fingerprint density at radius 2 is 2.10 bits per heavy atom. The van der Waals surface area contributed by atoms with Gasteiger partial charge in [0.1, 0.15) is 19.0 Å². The lowest BCUT2D eigenvalue weighted by atomic mass is 10.2. The van der Waals surface area contributed by atoms with Gasteiger partial charge in [-0.2, -0.15) is 10.2 Å². The van der Waals surface area contributed by atoms with E-state index in [1.165, 1.54) is 12.7 Å². The Kier molecular flexibility index (Phi) is 3.19. The van der Waals surface area contributed by atoms with E-state index < -0.39 is 0 Å². The summed E-state index contributed by atoms with van der Waals surface area (Å²) in [7, 11) is 0. The number of aromatic nitrogens is 6. The molecule has 2 heterocycles. The molecule has 0 unspecified atom stereocenters. The zero-order chi connectivity index (χ0) is 13.8. The van der Waals surface area contributed by atoms with Crippen LogP contribution in [0.1, 0.15) is 16.2 Å². The lowest BCUT2D eigenvalue weighted by Crippen LogP contribution is -2.13. The SMILES string of the molecule is O=C(Nc1ccc(Cn2cncn2)cc1)c1ncn[nH]1. The molecule has 3 aromatic rings. The number of carbonyl (C=O) groups excluding carboxylic acids is 1. The maximum atomic E-state index is 11.7. The fraction of sp³-hybridized carbons (Fsp3) is 0.0833. The van der Waals surface area contributed by atoms with Gasteiger partial charge in [0.25, 0.3) is 5.91 Å². The van der Waals surface area contributed by atoms with E-state index in [1.807, 2.05) is 24.3 Å². The number of nitrogens with zero attached hydrogens (tertiary/aromatic N) is 5. The number of aromatic amines is 1. The molecule has 1 aromatic carbocycles. The average Bonchev–Trinajstić information content (AvgIpc) is 3.13. The highest BCUT2D eigenvalue weighted by molar-refractivity contribution is 6.01. The molecule has 0 radical (unpaired) electrons. The molecule has 2 N–H and O–H groups in total. The van der Waals surface area contributed by atoms with Crippen molar-refractivity contribution in [1.29, 1.82) is 0 Å². The van der Waals surface area contributed by atoms with E-state index in [9.17, 15) is 4.79 Å². The first-order chi connectivity index (χ1) is 9.81. The van der Waals surface area contributed by atoms with Gasteiger partial charge in [-0.1, -0.05) is 12.1 Å². The normalized spacial score (nSPS) is 10.4. The van der Waals surface area contributed by atoms with Gasteiger partial charge in [0.05, 0.1) is 6.54 Å².